The van der Waals surface area contributed by atoms with E-state index in [1.165, 1.54) is 0 Å². The first kappa shape index (κ1) is 23.9. The molecule has 180 valence electrons. The maximum atomic E-state index is 13.1. The van der Waals surface area contributed by atoms with Crippen molar-refractivity contribution in [2.75, 3.05) is 0 Å². The Hall–Kier alpha value is -2.29. The number of benzene rings is 1. The average molecular weight is 485 g/mol. The number of amides is 1. The monoisotopic (exact) mass is 484 g/mol. The number of alkyl carbamates (subject to hydrolysis) is 1. The number of alkyl halides is 3. The number of aromatic nitrogens is 3. The first-order chi connectivity index (χ1) is 15.4. The summed E-state index contributed by atoms with van der Waals surface area (Å²) in [6, 6.07) is 5.21. The van der Waals surface area contributed by atoms with Crippen LogP contribution in [0.25, 0.3) is 5.69 Å². The predicted molar refractivity (Wildman–Crippen MR) is 118 cm³/mol. The highest BCUT2D eigenvalue weighted by Gasteiger charge is 2.42. The van der Waals surface area contributed by atoms with E-state index in [1.807, 2.05) is 16.7 Å². The van der Waals surface area contributed by atoms with Crippen LogP contribution < -0.4 is 5.32 Å². The minimum absolute atomic E-state index is 0.0899. The lowest BCUT2D eigenvalue weighted by atomic mass is 9.81. The van der Waals surface area contributed by atoms with E-state index in [9.17, 15) is 18.0 Å². The van der Waals surface area contributed by atoms with Gasteiger partial charge in [0.2, 0.25) is 0 Å². The summed E-state index contributed by atoms with van der Waals surface area (Å²) < 4.78 is 46.8. The van der Waals surface area contributed by atoms with Crippen molar-refractivity contribution >= 4 is 17.7 Å². The lowest BCUT2D eigenvalue weighted by Crippen LogP contribution is -2.41. The van der Waals surface area contributed by atoms with E-state index >= 15 is 0 Å². The van der Waals surface area contributed by atoms with Crippen LogP contribution in [0.4, 0.5) is 18.0 Å². The minimum Gasteiger partial charge on any atom is -0.444 e. The van der Waals surface area contributed by atoms with E-state index in [1.54, 1.807) is 26.8 Å². The molecule has 1 atom stereocenters. The Labute approximate surface area is 195 Å². The fraction of sp³-hybridized carbons (Fsp3) is 0.609. The molecular formula is C23H28ClF3N4O2. The third kappa shape index (κ3) is 5.45. The van der Waals surface area contributed by atoms with Crippen LogP contribution in [0.5, 0.6) is 0 Å². The molecule has 1 saturated carbocycles. The van der Waals surface area contributed by atoms with Gasteiger partial charge in [-0.3, -0.25) is 4.57 Å². The van der Waals surface area contributed by atoms with Crippen molar-refractivity contribution in [2.24, 2.45) is 5.92 Å². The third-order valence-electron chi connectivity index (χ3n) is 6.21. The van der Waals surface area contributed by atoms with Crippen LogP contribution in [0.1, 0.15) is 69.6 Å². The van der Waals surface area contributed by atoms with Gasteiger partial charge >= 0.3 is 12.3 Å². The number of halogens is 4. The van der Waals surface area contributed by atoms with Gasteiger partial charge in [-0.25, -0.2) is 4.79 Å². The maximum absolute atomic E-state index is 13.1. The molecule has 0 radical (unpaired) electrons. The van der Waals surface area contributed by atoms with E-state index in [-0.39, 0.29) is 24.8 Å². The van der Waals surface area contributed by atoms with E-state index < -0.39 is 23.8 Å². The van der Waals surface area contributed by atoms with Gasteiger partial charge < -0.3 is 10.1 Å². The molecular weight excluding hydrogens is 457 g/mol. The number of rotatable bonds is 2. The second-order valence-electron chi connectivity index (χ2n) is 9.92. The normalized spacial score (nSPS) is 23.3. The highest BCUT2D eigenvalue weighted by molar-refractivity contribution is 6.30. The van der Waals surface area contributed by atoms with E-state index in [0.29, 0.717) is 42.4 Å². The summed E-state index contributed by atoms with van der Waals surface area (Å²) in [5.74, 6) is -0.0327. The Balaban J connectivity index is 1.63. The summed E-state index contributed by atoms with van der Waals surface area (Å²) in [5.41, 5.74) is 1.13. The second-order valence-corrected chi connectivity index (χ2v) is 10.4. The standard InChI is InChI=1S/C23H28ClF3N4O2/c1-22(2,3)33-21(32)28-17-11-14-10-16(24)8-9-18(14)31-19(12-17)29-30-20(31)13-4-6-15(7-5-13)23(25,26)27/h8-10,13,15,17H,4-7,11-12H2,1-3H3,(H,28,32). The summed E-state index contributed by atoms with van der Waals surface area (Å²) in [6.07, 6.45) is -2.75. The van der Waals surface area contributed by atoms with Crippen molar-refractivity contribution in [3.05, 3.63) is 40.4 Å². The fourth-order valence-electron chi connectivity index (χ4n) is 4.74. The maximum Gasteiger partial charge on any atom is 0.407 e. The number of hydrogen-bond acceptors (Lipinski definition) is 4. The molecule has 1 unspecified atom stereocenters. The zero-order valence-corrected chi connectivity index (χ0v) is 19.6. The molecule has 1 aliphatic carbocycles. The minimum atomic E-state index is -4.16. The number of hydrogen-bond donors (Lipinski definition) is 1. The Morgan fingerprint density at radius 1 is 1.12 bits per heavy atom. The number of ether oxygens (including phenoxy) is 1. The van der Waals surface area contributed by atoms with Crippen LogP contribution in [-0.2, 0) is 17.6 Å². The molecule has 0 bridgehead atoms. The lowest BCUT2D eigenvalue weighted by Gasteiger charge is -2.29. The summed E-state index contributed by atoms with van der Waals surface area (Å²) >= 11 is 6.26. The smallest absolute Gasteiger partial charge is 0.407 e. The molecule has 2 aliphatic rings. The SMILES string of the molecule is CC(C)(C)OC(=O)NC1Cc2cc(Cl)ccc2-n2c(nnc2C2CCC(C(F)(F)F)CC2)C1. The topological polar surface area (TPSA) is 69.0 Å². The fourth-order valence-corrected chi connectivity index (χ4v) is 4.93. The molecule has 0 saturated heterocycles. The van der Waals surface area contributed by atoms with Crippen molar-refractivity contribution in [3.63, 3.8) is 0 Å². The number of nitrogens with one attached hydrogen (secondary N) is 1. The zero-order chi connectivity index (χ0) is 24.0. The molecule has 1 fully saturated rings. The first-order valence-electron chi connectivity index (χ1n) is 11.2. The Bertz CT molecular complexity index is 1020. The summed E-state index contributed by atoms with van der Waals surface area (Å²) in [7, 11) is 0. The third-order valence-corrected chi connectivity index (χ3v) is 6.44. The summed E-state index contributed by atoms with van der Waals surface area (Å²) in [4.78, 5) is 12.4. The molecule has 4 rings (SSSR count). The Morgan fingerprint density at radius 3 is 2.45 bits per heavy atom. The molecule has 2 heterocycles. The van der Waals surface area contributed by atoms with Crippen LogP contribution in [0.2, 0.25) is 5.02 Å². The molecule has 6 nitrogen and oxygen atoms in total. The second kappa shape index (κ2) is 8.81. The van der Waals surface area contributed by atoms with Crippen LogP contribution in [-0.4, -0.2) is 38.7 Å². The molecule has 1 N–H and O–H groups in total. The van der Waals surface area contributed by atoms with Crippen molar-refractivity contribution < 1.29 is 22.7 Å². The van der Waals surface area contributed by atoms with Gasteiger partial charge in [-0.05, 0) is 76.6 Å². The van der Waals surface area contributed by atoms with Gasteiger partial charge in [-0.1, -0.05) is 11.6 Å². The quantitative estimate of drug-likeness (QED) is 0.589. The van der Waals surface area contributed by atoms with Gasteiger partial charge in [0.25, 0.3) is 0 Å². The highest BCUT2D eigenvalue weighted by atomic mass is 35.5. The molecule has 1 aliphatic heterocycles. The average Bonchev–Trinajstić information content (AvgIpc) is 3.03. The molecule has 2 aromatic rings. The van der Waals surface area contributed by atoms with Crippen molar-refractivity contribution in [1.29, 1.82) is 0 Å². The molecule has 1 aromatic carbocycles. The summed E-state index contributed by atoms with van der Waals surface area (Å²) in [6.45, 7) is 5.39. The zero-order valence-electron chi connectivity index (χ0n) is 18.9. The number of nitrogens with zero attached hydrogens (tertiary/aromatic N) is 3. The van der Waals surface area contributed by atoms with E-state index in [2.05, 4.69) is 15.5 Å². The van der Waals surface area contributed by atoms with Crippen molar-refractivity contribution in [2.45, 2.75) is 83.0 Å². The molecule has 33 heavy (non-hydrogen) atoms. The van der Waals surface area contributed by atoms with E-state index in [0.717, 1.165) is 11.3 Å². The number of carbonyl (C=O) groups excluding carboxylic acids is 1. The van der Waals surface area contributed by atoms with Gasteiger partial charge in [0.05, 0.1) is 11.6 Å². The van der Waals surface area contributed by atoms with Gasteiger partial charge in [0, 0.05) is 23.4 Å². The Morgan fingerprint density at radius 2 is 1.82 bits per heavy atom. The molecule has 0 spiro atoms. The van der Waals surface area contributed by atoms with Crippen LogP contribution in [0.3, 0.4) is 0 Å². The van der Waals surface area contributed by atoms with Gasteiger partial charge in [0.1, 0.15) is 17.2 Å². The first-order valence-corrected chi connectivity index (χ1v) is 11.6. The Kier molecular flexibility index (Phi) is 6.37. The van der Waals surface area contributed by atoms with Crippen LogP contribution in [0, 0.1) is 5.92 Å². The van der Waals surface area contributed by atoms with Crippen LogP contribution in [0.15, 0.2) is 18.2 Å². The van der Waals surface area contributed by atoms with E-state index in [4.69, 9.17) is 16.3 Å². The lowest BCUT2D eigenvalue weighted by molar-refractivity contribution is -0.182. The van der Waals surface area contributed by atoms with Gasteiger partial charge in [-0.15, -0.1) is 10.2 Å². The van der Waals surface area contributed by atoms with Crippen molar-refractivity contribution in [1.82, 2.24) is 20.1 Å². The van der Waals surface area contributed by atoms with Gasteiger partial charge in [-0.2, -0.15) is 13.2 Å². The van der Waals surface area contributed by atoms with Gasteiger partial charge in [0.15, 0.2) is 0 Å². The summed E-state index contributed by atoms with van der Waals surface area (Å²) in [5, 5.41) is 12.3. The largest absolute Gasteiger partial charge is 0.444 e. The van der Waals surface area contributed by atoms with Crippen molar-refractivity contribution in [3.8, 4) is 5.69 Å². The molecule has 10 heteroatoms. The predicted octanol–water partition coefficient (Wildman–Crippen LogP) is 5.75. The number of fused-ring (bicyclic) bond motifs is 3. The number of carbonyl (C=O) groups is 1. The highest BCUT2D eigenvalue weighted by Crippen LogP contribution is 2.43. The van der Waals surface area contributed by atoms with Crippen LogP contribution >= 0.6 is 11.6 Å². The molecule has 1 aromatic heterocycles. The molecule has 1 amide bonds.